The van der Waals surface area contributed by atoms with Crippen LogP contribution in [0.15, 0.2) is 30.3 Å². The van der Waals surface area contributed by atoms with Crippen molar-refractivity contribution in [2.24, 2.45) is 0 Å². The quantitative estimate of drug-likeness (QED) is 0.796. The molecule has 2 saturated heterocycles. The number of benzene rings is 1. The van der Waals surface area contributed by atoms with Crippen LogP contribution in [0.25, 0.3) is 0 Å². The zero-order valence-corrected chi connectivity index (χ0v) is 19.7. The summed E-state index contributed by atoms with van der Waals surface area (Å²) in [5, 5.41) is 2.87. The van der Waals surface area contributed by atoms with Crippen molar-refractivity contribution in [3.63, 3.8) is 0 Å². The van der Waals surface area contributed by atoms with Gasteiger partial charge >= 0.3 is 6.09 Å². The molecule has 1 atom stereocenters. The number of likely N-dealkylation sites (tertiary alicyclic amines) is 1. The lowest BCUT2D eigenvalue weighted by Crippen LogP contribution is -2.61. The molecule has 2 aliphatic heterocycles. The number of piperazine rings is 1. The van der Waals surface area contributed by atoms with Crippen LogP contribution in [0, 0.1) is 0 Å². The molecule has 2 heterocycles. The highest BCUT2D eigenvalue weighted by Crippen LogP contribution is 2.26. The third kappa shape index (κ3) is 5.98. The molecule has 2 aliphatic rings. The van der Waals surface area contributed by atoms with E-state index in [2.05, 4.69) is 22.2 Å². The first-order valence-corrected chi connectivity index (χ1v) is 11.4. The summed E-state index contributed by atoms with van der Waals surface area (Å²) in [6.07, 6.45) is 1.79. The number of hydrogen-bond acceptors (Lipinski definition) is 5. The van der Waals surface area contributed by atoms with Gasteiger partial charge in [-0.25, -0.2) is 4.79 Å². The summed E-state index contributed by atoms with van der Waals surface area (Å²) in [5.41, 5.74) is -1.06. The Morgan fingerprint density at radius 1 is 0.935 bits per heavy atom. The number of alkyl carbamates (subject to hydrolysis) is 1. The summed E-state index contributed by atoms with van der Waals surface area (Å²) >= 11 is 0. The summed E-state index contributed by atoms with van der Waals surface area (Å²) in [4.78, 5) is 33.1. The molecule has 7 nitrogen and oxygen atoms in total. The monoisotopic (exact) mass is 430 g/mol. The van der Waals surface area contributed by atoms with E-state index < -0.39 is 17.2 Å². The first-order chi connectivity index (χ1) is 14.6. The predicted octanol–water partition coefficient (Wildman–Crippen LogP) is 2.66. The summed E-state index contributed by atoms with van der Waals surface area (Å²) in [6.45, 7) is 12.6. The SMILES string of the molecule is CN1CCC(N2CCN(C(=O)[C@@](C)(NC(=O)OC(C)(C)C)c3ccccc3)CC2)CC1. The first kappa shape index (κ1) is 23.5. The van der Waals surface area contributed by atoms with E-state index in [9.17, 15) is 9.59 Å². The van der Waals surface area contributed by atoms with Crippen LogP contribution in [-0.4, -0.2) is 84.7 Å². The molecule has 1 aromatic carbocycles. The standard InChI is InChI=1S/C24H38N4O3/c1-23(2,3)31-22(30)25-24(4,19-9-7-6-8-10-19)21(29)28-17-15-27(16-18-28)20-11-13-26(5)14-12-20/h6-10,20H,11-18H2,1-5H3,(H,25,30)/t24-/m0/s1. The third-order valence-electron chi connectivity index (χ3n) is 6.34. The maximum Gasteiger partial charge on any atom is 0.408 e. The number of nitrogens with zero attached hydrogens (tertiary/aromatic N) is 3. The maximum atomic E-state index is 13.7. The van der Waals surface area contributed by atoms with E-state index in [0.29, 0.717) is 19.1 Å². The highest BCUT2D eigenvalue weighted by Gasteiger charge is 2.42. The number of nitrogens with one attached hydrogen (secondary N) is 1. The largest absolute Gasteiger partial charge is 0.444 e. The molecule has 0 aliphatic carbocycles. The summed E-state index contributed by atoms with van der Waals surface area (Å²) in [7, 11) is 2.18. The minimum atomic E-state index is -1.18. The second-order valence-electron chi connectivity index (χ2n) is 9.98. The van der Waals surface area contributed by atoms with Crippen LogP contribution in [0.3, 0.4) is 0 Å². The molecule has 172 valence electrons. The van der Waals surface area contributed by atoms with Gasteiger partial charge in [0.1, 0.15) is 11.1 Å². The summed E-state index contributed by atoms with van der Waals surface area (Å²) in [6, 6.07) is 10.0. The molecular formula is C24H38N4O3. The Bertz CT molecular complexity index is 748. The number of hydrogen-bond donors (Lipinski definition) is 1. The minimum absolute atomic E-state index is 0.0902. The molecule has 0 spiro atoms. The number of amides is 2. The molecule has 7 heteroatoms. The van der Waals surface area contributed by atoms with E-state index in [1.165, 1.54) is 12.8 Å². The van der Waals surface area contributed by atoms with E-state index in [1.807, 2.05) is 56.0 Å². The zero-order valence-electron chi connectivity index (χ0n) is 19.7. The number of ether oxygens (including phenoxy) is 1. The van der Waals surface area contributed by atoms with Gasteiger partial charge in [-0.3, -0.25) is 9.69 Å². The van der Waals surface area contributed by atoms with Gasteiger partial charge in [0.15, 0.2) is 0 Å². The average Bonchev–Trinajstić information content (AvgIpc) is 2.73. The first-order valence-electron chi connectivity index (χ1n) is 11.4. The predicted molar refractivity (Wildman–Crippen MR) is 122 cm³/mol. The van der Waals surface area contributed by atoms with Crippen molar-refractivity contribution >= 4 is 12.0 Å². The van der Waals surface area contributed by atoms with Crippen molar-refractivity contribution in [1.29, 1.82) is 0 Å². The number of carbonyl (C=O) groups is 2. The van der Waals surface area contributed by atoms with Gasteiger partial charge in [-0.1, -0.05) is 30.3 Å². The second-order valence-corrected chi connectivity index (χ2v) is 9.98. The Hall–Kier alpha value is -2.12. The van der Waals surface area contributed by atoms with E-state index >= 15 is 0 Å². The van der Waals surface area contributed by atoms with Crippen molar-refractivity contribution in [2.45, 2.75) is 57.7 Å². The van der Waals surface area contributed by atoms with Gasteiger partial charge in [0.05, 0.1) is 0 Å². The molecule has 0 saturated carbocycles. The average molecular weight is 431 g/mol. The zero-order chi connectivity index (χ0) is 22.6. The maximum absolute atomic E-state index is 13.7. The van der Waals surface area contributed by atoms with Crippen LogP contribution in [-0.2, 0) is 15.1 Å². The van der Waals surface area contributed by atoms with Crippen LogP contribution in [0.1, 0.15) is 46.1 Å². The van der Waals surface area contributed by atoms with Crippen molar-refractivity contribution in [3.05, 3.63) is 35.9 Å². The minimum Gasteiger partial charge on any atom is -0.444 e. The van der Waals surface area contributed by atoms with E-state index in [-0.39, 0.29) is 5.91 Å². The van der Waals surface area contributed by atoms with Crippen molar-refractivity contribution in [3.8, 4) is 0 Å². The molecule has 1 aromatic rings. The summed E-state index contributed by atoms with van der Waals surface area (Å²) < 4.78 is 5.46. The molecule has 0 aromatic heterocycles. The molecule has 2 amide bonds. The normalized spacial score (nSPS) is 21.4. The fraction of sp³-hybridized carbons (Fsp3) is 0.667. The topological polar surface area (TPSA) is 65.1 Å². The lowest BCUT2D eigenvalue weighted by molar-refractivity contribution is -0.140. The Balaban J connectivity index is 1.70. The van der Waals surface area contributed by atoms with E-state index in [1.54, 1.807) is 6.92 Å². The van der Waals surface area contributed by atoms with Crippen LogP contribution in [0.2, 0.25) is 0 Å². The lowest BCUT2D eigenvalue weighted by atomic mass is 9.90. The Morgan fingerprint density at radius 2 is 1.52 bits per heavy atom. The Morgan fingerprint density at radius 3 is 2.06 bits per heavy atom. The van der Waals surface area contributed by atoms with Gasteiger partial charge in [-0.15, -0.1) is 0 Å². The van der Waals surface area contributed by atoms with Gasteiger partial charge in [0, 0.05) is 32.2 Å². The Labute approximate surface area is 186 Å². The van der Waals surface area contributed by atoms with Gasteiger partial charge in [-0.2, -0.15) is 0 Å². The van der Waals surface area contributed by atoms with Crippen LogP contribution < -0.4 is 5.32 Å². The van der Waals surface area contributed by atoms with Crippen molar-refractivity contribution in [1.82, 2.24) is 20.0 Å². The van der Waals surface area contributed by atoms with Crippen LogP contribution >= 0.6 is 0 Å². The molecule has 31 heavy (non-hydrogen) atoms. The fourth-order valence-corrected chi connectivity index (χ4v) is 4.49. The van der Waals surface area contributed by atoms with Crippen LogP contribution in [0.5, 0.6) is 0 Å². The summed E-state index contributed by atoms with van der Waals surface area (Å²) in [5.74, 6) is -0.0902. The van der Waals surface area contributed by atoms with Gasteiger partial charge in [0.25, 0.3) is 5.91 Å². The van der Waals surface area contributed by atoms with Crippen LogP contribution in [0.4, 0.5) is 4.79 Å². The second kappa shape index (κ2) is 9.57. The number of rotatable bonds is 4. The molecule has 0 unspecified atom stereocenters. The molecule has 3 rings (SSSR count). The highest BCUT2D eigenvalue weighted by molar-refractivity contribution is 5.91. The molecule has 1 N–H and O–H groups in total. The van der Waals surface area contributed by atoms with Gasteiger partial charge < -0.3 is 19.9 Å². The van der Waals surface area contributed by atoms with Crippen molar-refractivity contribution in [2.75, 3.05) is 46.3 Å². The van der Waals surface area contributed by atoms with E-state index in [0.717, 1.165) is 31.7 Å². The third-order valence-corrected chi connectivity index (χ3v) is 6.34. The molecule has 0 bridgehead atoms. The molecule has 0 radical (unpaired) electrons. The number of carbonyl (C=O) groups excluding carboxylic acids is 2. The molecular weight excluding hydrogens is 392 g/mol. The highest BCUT2D eigenvalue weighted by atomic mass is 16.6. The van der Waals surface area contributed by atoms with E-state index in [4.69, 9.17) is 4.74 Å². The smallest absolute Gasteiger partial charge is 0.408 e. The molecule has 2 fully saturated rings. The fourth-order valence-electron chi connectivity index (χ4n) is 4.49. The van der Waals surface area contributed by atoms with Gasteiger partial charge in [-0.05, 0) is 66.2 Å². The number of piperidine rings is 1. The van der Waals surface area contributed by atoms with Crippen molar-refractivity contribution < 1.29 is 14.3 Å². The van der Waals surface area contributed by atoms with Gasteiger partial charge in [0.2, 0.25) is 0 Å². The lowest BCUT2D eigenvalue weighted by Gasteiger charge is -2.44. The Kier molecular flexibility index (Phi) is 7.27.